The Labute approximate surface area is 144 Å². The molecule has 0 aliphatic carbocycles. The van der Waals surface area contributed by atoms with Crippen LogP contribution in [-0.4, -0.2) is 21.0 Å². The average Bonchev–Trinajstić information content (AvgIpc) is 2.93. The third-order valence-electron chi connectivity index (χ3n) is 3.72. The highest BCUT2D eigenvalue weighted by molar-refractivity contribution is 7.89. The molecule has 3 rings (SSSR count). The zero-order valence-electron chi connectivity index (χ0n) is 12.5. The van der Waals surface area contributed by atoms with Crippen LogP contribution in [0.1, 0.15) is 17.5 Å². The molecule has 0 atom stereocenters. The summed E-state index contributed by atoms with van der Waals surface area (Å²) in [6.07, 6.45) is 0.484. The van der Waals surface area contributed by atoms with Crippen LogP contribution in [0.25, 0.3) is 5.57 Å². The number of halogens is 1. The first-order valence-electron chi connectivity index (χ1n) is 7.16. The van der Waals surface area contributed by atoms with E-state index in [-0.39, 0.29) is 10.9 Å². The molecule has 1 fully saturated rings. The van der Waals surface area contributed by atoms with Gasteiger partial charge in [0.05, 0.1) is 11.5 Å². The van der Waals surface area contributed by atoms with Crippen LogP contribution in [0.5, 0.6) is 0 Å². The first-order chi connectivity index (χ1) is 11.4. The van der Waals surface area contributed by atoms with Crippen LogP contribution < -0.4 is 5.14 Å². The summed E-state index contributed by atoms with van der Waals surface area (Å²) in [4.78, 5) is 12.1. The van der Waals surface area contributed by atoms with Gasteiger partial charge in [0.1, 0.15) is 0 Å². The maximum Gasteiger partial charge on any atom is 0.334 e. The summed E-state index contributed by atoms with van der Waals surface area (Å²) in [5, 5.41) is 5.67. The number of cyclic esters (lactones) is 1. The molecule has 0 aromatic heterocycles. The second kappa shape index (κ2) is 6.39. The molecular weight excluding hydrogens is 350 g/mol. The fourth-order valence-corrected chi connectivity index (χ4v) is 3.34. The lowest BCUT2D eigenvalue weighted by Gasteiger charge is -2.12. The molecule has 1 aliphatic heterocycles. The fourth-order valence-electron chi connectivity index (χ4n) is 2.63. The molecule has 0 unspecified atom stereocenters. The molecule has 5 nitrogen and oxygen atoms in total. The van der Waals surface area contributed by atoms with Crippen molar-refractivity contribution in [3.8, 4) is 0 Å². The number of hydrogen-bond donors (Lipinski definition) is 1. The number of nitrogens with two attached hydrogens (primary N) is 1. The first-order valence-corrected chi connectivity index (χ1v) is 9.08. The van der Waals surface area contributed by atoms with Crippen LogP contribution in [0, 0.1) is 0 Å². The van der Waals surface area contributed by atoms with Crippen molar-refractivity contribution in [1.29, 1.82) is 0 Å². The molecule has 0 saturated carbocycles. The van der Waals surface area contributed by atoms with E-state index in [1.165, 1.54) is 12.1 Å². The second-order valence-electron chi connectivity index (χ2n) is 5.32. The third-order valence-corrected chi connectivity index (χ3v) is 4.88. The van der Waals surface area contributed by atoms with E-state index in [0.29, 0.717) is 34.8 Å². The summed E-state index contributed by atoms with van der Waals surface area (Å²) in [7, 11) is -3.78. The lowest BCUT2D eigenvalue weighted by atomic mass is 9.92. The third kappa shape index (κ3) is 3.36. The van der Waals surface area contributed by atoms with Gasteiger partial charge < -0.3 is 4.74 Å². The molecule has 0 radical (unpaired) electrons. The quantitative estimate of drug-likeness (QED) is 0.671. The van der Waals surface area contributed by atoms with Gasteiger partial charge in [-0.25, -0.2) is 18.4 Å². The van der Waals surface area contributed by atoms with E-state index in [2.05, 4.69) is 0 Å². The standard InChI is InChI=1S/C17H14ClNO4S/c18-13-3-1-2-12(10-13)16(15-8-9-23-17(15)20)11-4-6-14(7-5-11)24(19,21)22/h1-7,10H,8-9H2,(H2,19,21,22)/b16-15-. The van der Waals surface area contributed by atoms with Gasteiger partial charge in [0, 0.05) is 17.0 Å². The van der Waals surface area contributed by atoms with Crippen molar-refractivity contribution in [2.75, 3.05) is 6.61 Å². The lowest BCUT2D eigenvalue weighted by molar-refractivity contribution is -0.135. The molecule has 7 heteroatoms. The zero-order chi connectivity index (χ0) is 17.3. The number of benzene rings is 2. The van der Waals surface area contributed by atoms with Crippen LogP contribution in [0.4, 0.5) is 0 Å². The highest BCUT2D eigenvalue weighted by Gasteiger charge is 2.25. The second-order valence-corrected chi connectivity index (χ2v) is 7.32. The van der Waals surface area contributed by atoms with Gasteiger partial charge >= 0.3 is 5.97 Å². The van der Waals surface area contributed by atoms with E-state index in [1.54, 1.807) is 30.3 Å². The molecule has 0 bridgehead atoms. The molecule has 1 heterocycles. The van der Waals surface area contributed by atoms with Crippen molar-refractivity contribution in [3.63, 3.8) is 0 Å². The summed E-state index contributed by atoms with van der Waals surface area (Å²) >= 11 is 6.07. The van der Waals surface area contributed by atoms with E-state index in [1.807, 2.05) is 6.07 Å². The van der Waals surface area contributed by atoms with Crippen LogP contribution >= 0.6 is 11.6 Å². The molecule has 0 spiro atoms. The summed E-state index contributed by atoms with van der Waals surface area (Å²) in [5.41, 5.74) is 2.68. The minimum atomic E-state index is -3.78. The highest BCUT2D eigenvalue weighted by atomic mass is 35.5. The van der Waals surface area contributed by atoms with Gasteiger partial charge in [0.15, 0.2) is 0 Å². The first kappa shape index (κ1) is 16.7. The molecule has 1 aliphatic rings. The number of ether oxygens (including phenoxy) is 1. The Hall–Kier alpha value is -2.15. The lowest BCUT2D eigenvalue weighted by Crippen LogP contribution is -2.12. The Morgan fingerprint density at radius 2 is 1.79 bits per heavy atom. The Balaban J connectivity index is 2.18. The van der Waals surface area contributed by atoms with Crippen molar-refractivity contribution in [3.05, 3.63) is 70.3 Å². The summed E-state index contributed by atoms with van der Waals surface area (Å²) in [6.45, 7) is 0.327. The predicted molar refractivity (Wildman–Crippen MR) is 90.9 cm³/mol. The predicted octanol–water partition coefficient (Wildman–Crippen LogP) is 2.74. The summed E-state index contributed by atoms with van der Waals surface area (Å²) < 4.78 is 27.9. The Morgan fingerprint density at radius 1 is 1.08 bits per heavy atom. The van der Waals surface area contributed by atoms with Gasteiger partial charge in [-0.1, -0.05) is 35.9 Å². The number of primary sulfonamides is 1. The number of sulfonamides is 1. The molecule has 24 heavy (non-hydrogen) atoms. The summed E-state index contributed by atoms with van der Waals surface area (Å²) in [6, 6.07) is 13.2. The molecule has 2 aromatic rings. The largest absolute Gasteiger partial charge is 0.462 e. The monoisotopic (exact) mass is 363 g/mol. The SMILES string of the molecule is NS(=O)(=O)c1ccc(/C(=C2\CCOC2=O)c2cccc(Cl)c2)cc1. The van der Waals surface area contributed by atoms with Crippen molar-refractivity contribution in [2.24, 2.45) is 5.14 Å². The minimum absolute atomic E-state index is 0.00990. The van der Waals surface area contributed by atoms with Crippen molar-refractivity contribution >= 4 is 33.2 Å². The van der Waals surface area contributed by atoms with Gasteiger partial charge in [-0.15, -0.1) is 0 Å². The Kier molecular flexibility index (Phi) is 4.45. The number of carbonyl (C=O) groups is 1. The Bertz CT molecular complexity index is 933. The number of hydrogen-bond acceptors (Lipinski definition) is 4. The number of rotatable bonds is 3. The van der Waals surface area contributed by atoms with Crippen LogP contribution in [-0.2, 0) is 19.6 Å². The van der Waals surface area contributed by atoms with E-state index < -0.39 is 10.0 Å². The van der Waals surface area contributed by atoms with Gasteiger partial charge in [-0.2, -0.15) is 0 Å². The van der Waals surface area contributed by atoms with Crippen molar-refractivity contribution < 1.29 is 17.9 Å². The molecule has 2 N–H and O–H groups in total. The minimum Gasteiger partial charge on any atom is -0.462 e. The fraction of sp³-hybridized carbons (Fsp3) is 0.118. The molecule has 2 aromatic carbocycles. The molecular formula is C17H14ClNO4S. The topological polar surface area (TPSA) is 86.5 Å². The van der Waals surface area contributed by atoms with Gasteiger partial charge in [-0.3, -0.25) is 0 Å². The van der Waals surface area contributed by atoms with Gasteiger partial charge in [-0.05, 0) is 41.0 Å². The normalized spacial score (nSPS) is 16.8. The maximum atomic E-state index is 12.0. The molecule has 124 valence electrons. The zero-order valence-corrected chi connectivity index (χ0v) is 14.1. The van der Waals surface area contributed by atoms with E-state index in [4.69, 9.17) is 21.5 Å². The van der Waals surface area contributed by atoms with Gasteiger partial charge in [0.25, 0.3) is 0 Å². The van der Waals surface area contributed by atoms with Crippen molar-refractivity contribution in [1.82, 2.24) is 0 Å². The van der Waals surface area contributed by atoms with E-state index >= 15 is 0 Å². The highest BCUT2D eigenvalue weighted by Crippen LogP contribution is 2.33. The smallest absolute Gasteiger partial charge is 0.334 e. The van der Waals surface area contributed by atoms with Crippen molar-refractivity contribution in [2.45, 2.75) is 11.3 Å². The van der Waals surface area contributed by atoms with Crippen LogP contribution in [0.3, 0.4) is 0 Å². The molecule has 0 amide bonds. The average molecular weight is 364 g/mol. The van der Waals surface area contributed by atoms with Crippen LogP contribution in [0.15, 0.2) is 59.0 Å². The maximum absolute atomic E-state index is 12.0. The Morgan fingerprint density at radius 3 is 2.33 bits per heavy atom. The number of carbonyl (C=O) groups excluding carboxylic acids is 1. The van der Waals surface area contributed by atoms with E-state index in [9.17, 15) is 13.2 Å². The summed E-state index contributed by atoms with van der Waals surface area (Å²) in [5.74, 6) is -0.375. The number of esters is 1. The molecule has 1 saturated heterocycles. The van der Waals surface area contributed by atoms with E-state index in [0.717, 1.165) is 5.56 Å². The van der Waals surface area contributed by atoms with Crippen LogP contribution in [0.2, 0.25) is 5.02 Å². The van der Waals surface area contributed by atoms with Gasteiger partial charge in [0.2, 0.25) is 10.0 Å².